The Kier molecular flexibility index (Phi) is 4.42. The molecule has 0 saturated heterocycles. The molecule has 0 radical (unpaired) electrons. The molecule has 0 aromatic heterocycles. The molecule has 0 atom stereocenters. The Bertz CT molecular complexity index is 495. The van der Waals surface area contributed by atoms with Crippen LogP contribution in [0.2, 0.25) is 0 Å². The van der Waals surface area contributed by atoms with Crippen molar-refractivity contribution < 1.29 is 24.2 Å². The van der Waals surface area contributed by atoms with E-state index in [1.54, 1.807) is 25.1 Å². The standard InChI is InChI=1S/C12H13NO5/c1-7-8(12(17)18-2)4-3-5-9(7)13-10(14)6-11(15)16/h3-5H,6H2,1-2H3,(H,13,14)(H,15,16). The number of carbonyl (C=O) groups is 3. The second kappa shape index (κ2) is 5.81. The van der Waals surface area contributed by atoms with Crippen molar-refractivity contribution in [2.45, 2.75) is 13.3 Å². The van der Waals surface area contributed by atoms with Gasteiger partial charge in [0.1, 0.15) is 6.42 Å². The van der Waals surface area contributed by atoms with E-state index in [4.69, 9.17) is 5.11 Å². The number of methoxy groups -OCH3 is 1. The Morgan fingerprint density at radius 1 is 1.33 bits per heavy atom. The summed E-state index contributed by atoms with van der Waals surface area (Å²) < 4.78 is 4.60. The second-order valence-electron chi connectivity index (χ2n) is 3.59. The molecule has 1 amide bonds. The molecule has 0 fully saturated rings. The highest BCUT2D eigenvalue weighted by molar-refractivity contribution is 6.02. The molecule has 0 unspecified atom stereocenters. The van der Waals surface area contributed by atoms with E-state index >= 15 is 0 Å². The fourth-order valence-electron chi connectivity index (χ4n) is 1.43. The van der Waals surface area contributed by atoms with Crippen molar-refractivity contribution >= 4 is 23.5 Å². The summed E-state index contributed by atoms with van der Waals surface area (Å²) in [5, 5.41) is 10.9. The molecule has 0 spiro atoms. The number of carboxylic acids is 1. The zero-order valence-electron chi connectivity index (χ0n) is 10.0. The van der Waals surface area contributed by atoms with Crippen molar-refractivity contribution in [2.24, 2.45) is 0 Å². The minimum absolute atomic E-state index is 0.325. The Hall–Kier alpha value is -2.37. The van der Waals surface area contributed by atoms with E-state index in [2.05, 4.69) is 10.1 Å². The molecule has 0 heterocycles. The summed E-state index contributed by atoms with van der Waals surface area (Å²) >= 11 is 0. The number of esters is 1. The summed E-state index contributed by atoms with van der Waals surface area (Å²) in [7, 11) is 1.26. The number of hydrogen-bond donors (Lipinski definition) is 2. The Labute approximate surface area is 104 Å². The second-order valence-corrected chi connectivity index (χ2v) is 3.59. The van der Waals surface area contributed by atoms with Gasteiger partial charge >= 0.3 is 11.9 Å². The summed E-state index contributed by atoms with van der Waals surface area (Å²) in [6, 6.07) is 4.73. The van der Waals surface area contributed by atoms with Gasteiger partial charge in [0.15, 0.2) is 0 Å². The maximum absolute atomic E-state index is 11.4. The zero-order chi connectivity index (χ0) is 13.7. The van der Waals surface area contributed by atoms with Crippen LogP contribution in [-0.4, -0.2) is 30.1 Å². The molecule has 0 aliphatic carbocycles. The lowest BCUT2D eigenvalue weighted by Crippen LogP contribution is -2.17. The smallest absolute Gasteiger partial charge is 0.338 e. The molecule has 1 rings (SSSR count). The van der Waals surface area contributed by atoms with Gasteiger partial charge in [-0.15, -0.1) is 0 Å². The van der Waals surface area contributed by atoms with Gasteiger partial charge < -0.3 is 15.2 Å². The average Bonchev–Trinajstić information content (AvgIpc) is 2.30. The van der Waals surface area contributed by atoms with E-state index < -0.39 is 24.3 Å². The van der Waals surface area contributed by atoms with Gasteiger partial charge in [-0.2, -0.15) is 0 Å². The summed E-state index contributed by atoms with van der Waals surface area (Å²) in [5.41, 5.74) is 1.25. The first-order chi connectivity index (χ1) is 8.45. The molecule has 0 saturated carbocycles. The van der Waals surface area contributed by atoms with Crippen LogP contribution in [-0.2, 0) is 14.3 Å². The lowest BCUT2D eigenvalue weighted by Gasteiger charge is -2.10. The molecule has 6 heteroatoms. The third-order valence-corrected chi connectivity index (χ3v) is 2.32. The minimum Gasteiger partial charge on any atom is -0.481 e. The Balaban J connectivity index is 2.94. The monoisotopic (exact) mass is 251 g/mol. The Morgan fingerprint density at radius 2 is 2.00 bits per heavy atom. The number of anilines is 1. The third kappa shape index (κ3) is 3.31. The fourth-order valence-corrected chi connectivity index (χ4v) is 1.43. The predicted molar refractivity (Wildman–Crippen MR) is 63.4 cm³/mol. The number of amides is 1. The number of carboxylic acid groups (broad SMARTS) is 1. The number of ether oxygens (including phenoxy) is 1. The van der Waals surface area contributed by atoms with Gasteiger partial charge in [-0.3, -0.25) is 9.59 Å². The van der Waals surface area contributed by atoms with Crippen LogP contribution in [0, 0.1) is 6.92 Å². The Morgan fingerprint density at radius 3 is 2.56 bits per heavy atom. The minimum atomic E-state index is -1.21. The van der Waals surface area contributed by atoms with Gasteiger partial charge in [-0.25, -0.2) is 4.79 Å². The SMILES string of the molecule is COC(=O)c1cccc(NC(=O)CC(=O)O)c1C. The van der Waals surface area contributed by atoms with E-state index in [0.29, 0.717) is 16.8 Å². The van der Waals surface area contributed by atoms with E-state index in [0.717, 1.165) is 0 Å². The zero-order valence-corrected chi connectivity index (χ0v) is 10.0. The van der Waals surface area contributed by atoms with Gasteiger partial charge in [-0.05, 0) is 24.6 Å². The molecule has 1 aromatic rings. The van der Waals surface area contributed by atoms with Crippen LogP contribution >= 0.6 is 0 Å². The average molecular weight is 251 g/mol. The van der Waals surface area contributed by atoms with Gasteiger partial charge in [0, 0.05) is 5.69 Å². The largest absolute Gasteiger partial charge is 0.481 e. The van der Waals surface area contributed by atoms with Crippen LogP contribution in [0.15, 0.2) is 18.2 Å². The highest BCUT2D eigenvalue weighted by Gasteiger charge is 2.14. The van der Waals surface area contributed by atoms with Gasteiger partial charge in [0.05, 0.1) is 12.7 Å². The van der Waals surface area contributed by atoms with Crippen molar-refractivity contribution in [3.8, 4) is 0 Å². The van der Waals surface area contributed by atoms with Crippen LogP contribution < -0.4 is 5.32 Å². The highest BCUT2D eigenvalue weighted by Crippen LogP contribution is 2.19. The van der Waals surface area contributed by atoms with Gasteiger partial charge in [-0.1, -0.05) is 6.07 Å². The van der Waals surface area contributed by atoms with E-state index in [-0.39, 0.29) is 0 Å². The number of aliphatic carboxylic acids is 1. The summed E-state index contributed by atoms with van der Waals surface area (Å²) in [6.07, 6.45) is -0.623. The maximum atomic E-state index is 11.4. The summed E-state index contributed by atoms with van der Waals surface area (Å²) in [4.78, 5) is 33.1. The number of hydrogen-bond acceptors (Lipinski definition) is 4. The number of nitrogens with one attached hydrogen (secondary N) is 1. The molecule has 0 bridgehead atoms. The number of benzene rings is 1. The summed E-state index contributed by atoms with van der Waals surface area (Å²) in [6.45, 7) is 1.64. The van der Waals surface area contributed by atoms with Crippen LogP contribution in [0.5, 0.6) is 0 Å². The maximum Gasteiger partial charge on any atom is 0.338 e. The van der Waals surface area contributed by atoms with Crippen LogP contribution in [0.4, 0.5) is 5.69 Å². The van der Waals surface area contributed by atoms with Crippen molar-refractivity contribution in [2.75, 3.05) is 12.4 Å². The molecular formula is C12H13NO5. The summed E-state index contributed by atoms with van der Waals surface area (Å²) in [5.74, 6) is -2.37. The normalized spacial score (nSPS) is 9.67. The van der Waals surface area contributed by atoms with E-state index in [1.807, 2.05) is 0 Å². The lowest BCUT2D eigenvalue weighted by molar-refractivity contribution is -0.139. The van der Waals surface area contributed by atoms with Crippen molar-refractivity contribution in [3.63, 3.8) is 0 Å². The lowest BCUT2D eigenvalue weighted by atomic mass is 10.1. The molecule has 18 heavy (non-hydrogen) atoms. The molecule has 6 nitrogen and oxygen atoms in total. The molecular weight excluding hydrogens is 238 g/mol. The molecule has 0 aliphatic rings. The van der Waals surface area contributed by atoms with Crippen LogP contribution in [0.1, 0.15) is 22.3 Å². The van der Waals surface area contributed by atoms with Crippen LogP contribution in [0.25, 0.3) is 0 Å². The van der Waals surface area contributed by atoms with Crippen molar-refractivity contribution in [3.05, 3.63) is 29.3 Å². The number of rotatable bonds is 4. The molecule has 2 N–H and O–H groups in total. The fraction of sp³-hybridized carbons (Fsp3) is 0.250. The first kappa shape index (κ1) is 13.7. The first-order valence-electron chi connectivity index (χ1n) is 5.15. The molecule has 0 aliphatic heterocycles. The first-order valence-corrected chi connectivity index (χ1v) is 5.15. The predicted octanol–water partition coefficient (Wildman–Crippen LogP) is 1.19. The van der Waals surface area contributed by atoms with Gasteiger partial charge in [0.25, 0.3) is 0 Å². The topological polar surface area (TPSA) is 92.7 Å². The van der Waals surface area contributed by atoms with Crippen molar-refractivity contribution in [1.82, 2.24) is 0 Å². The molecule has 1 aromatic carbocycles. The van der Waals surface area contributed by atoms with Crippen LogP contribution in [0.3, 0.4) is 0 Å². The van der Waals surface area contributed by atoms with E-state index in [9.17, 15) is 14.4 Å². The quantitative estimate of drug-likeness (QED) is 0.619. The molecule has 96 valence electrons. The van der Waals surface area contributed by atoms with E-state index in [1.165, 1.54) is 7.11 Å². The number of carbonyl (C=O) groups excluding carboxylic acids is 2. The highest BCUT2D eigenvalue weighted by atomic mass is 16.5. The third-order valence-electron chi connectivity index (χ3n) is 2.32. The van der Waals surface area contributed by atoms with Crippen molar-refractivity contribution in [1.29, 1.82) is 0 Å². The van der Waals surface area contributed by atoms with Gasteiger partial charge in [0.2, 0.25) is 5.91 Å².